The van der Waals surface area contributed by atoms with E-state index in [0.29, 0.717) is 45.2 Å². The minimum atomic E-state index is -0.515. The Balaban J connectivity index is 3.86. The van der Waals surface area contributed by atoms with Crippen molar-refractivity contribution in [3.63, 3.8) is 0 Å². The second kappa shape index (κ2) is 11.4. The topological polar surface area (TPSA) is 65.7 Å². The van der Waals surface area contributed by atoms with Crippen LogP contribution in [0.25, 0.3) is 0 Å². The van der Waals surface area contributed by atoms with E-state index in [2.05, 4.69) is 24.8 Å². The van der Waals surface area contributed by atoms with Crippen LogP contribution in [0.3, 0.4) is 0 Å². The molecule has 0 fully saturated rings. The van der Waals surface area contributed by atoms with E-state index in [4.69, 9.17) is 14.7 Å². The number of nitriles is 1. The number of hydrogen-bond donors (Lipinski definition) is 1. The van der Waals surface area contributed by atoms with Crippen molar-refractivity contribution in [2.75, 3.05) is 46.6 Å². The van der Waals surface area contributed by atoms with Gasteiger partial charge in [-0.2, -0.15) is 5.26 Å². The maximum atomic E-state index is 9.84. The average Bonchev–Trinajstić information content (AvgIpc) is 2.31. The summed E-state index contributed by atoms with van der Waals surface area (Å²) in [5, 5.41) is 18.4. The summed E-state index contributed by atoms with van der Waals surface area (Å²) in [4.78, 5) is 2.11. The van der Waals surface area contributed by atoms with Crippen LogP contribution in [0.1, 0.15) is 20.3 Å². The number of hydrogen-bond acceptors (Lipinski definition) is 5. The number of ether oxygens (including phenoxy) is 2. The standard InChI is InChI=1S/C13H26N2O3/c1-12(2)9-15(6-4-5-14)10-13(16)11-18-8-7-17-3/h12-13,16H,4,6-11H2,1-3H3. The summed E-state index contributed by atoms with van der Waals surface area (Å²) in [6, 6.07) is 2.13. The zero-order valence-corrected chi connectivity index (χ0v) is 11.8. The predicted molar refractivity (Wildman–Crippen MR) is 70.2 cm³/mol. The number of aliphatic hydroxyl groups excluding tert-OH is 1. The van der Waals surface area contributed by atoms with Crippen LogP contribution < -0.4 is 0 Å². The normalized spacial score (nSPS) is 12.9. The van der Waals surface area contributed by atoms with E-state index in [1.165, 1.54) is 0 Å². The molecule has 0 saturated carbocycles. The first-order chi connectivity index (χ1) is 8.60. The van der Waals surface area contributed by atoms with Gasteiger partial charge in [0.15, 0.2) is 0 Å². The van der Waals surface area contributed by atoms with Crippen LogP contribution in [0.2, 0.25) is 0 Å². The molecule has 0 aromatic carbocycles. The molecule has 1 unspecified atom stereocenters. The monoisotopic (exact) mass is 258 g/mol. The Morgan fingerprint density at radius 1 is 1.28 bits per heavy atom. The lowest BCUT2D eigenvalue weighted by Gasteiger charge is -2.25. The zero-order chi connectivity index (χ0) is 13.8. The van der Waals surface area contributed by atoms with E-state index in [9.17, 15) is 5.11 Å². The Bertz CT molecular complexity index is 229. The van der Waals surface area contributed by atoms with Gasteiger partial charge in [-0.05, 0) is 5.92 Å². The summed E-state index contributed by atoms with van der Waals surface area (Å²) in [5.74, 6) is 0.519. The van der Waals surface area contributed by atoms with Crippen molar-refractivity contribution < 1.29 is 14.6 Å². The third-order valence-electron chi connectivity index (χ3n) is 2.37. The Morgan fingerprint density at radius 3 is 2.56 bits per heavy atom. The second-order valence-electron chi connectivity index (χ2n) is 4.78. The third kappa shape index (κ3) is 10.5. The van der Waals surface area contributed by atoms with Crippen molar-refractivity contribution in [1.29, 1.82) is 5.26 Å². The van der Waals surface area contributed by atoms with Crippen LogP contribution in [-0.2, 0) is 9.47 Å². The summed E-state index contributed by atoms with van der Waals surface area (Å²) in [7, 11) is 1.62. The van der Waals surface area contributed by atoms with E-state index in [1.54, 1.807) is 7.11 Å². The maximum absolute atomic E-state index is 9.84. The van der Waals surface area contributed by atoms with Crippen LogP contribution >= 0.6 is 0 Å². The second-order valence-corrected chi connectivity index (χ2v) is 4.78. The highest BCUT2D eigenvalue weighted by atomic mass is 16.5. The Kier molecular flexibility index (Phi) is 11.0. The molecule has 0 spiro atoms. The van der Waals surface area contributed by atoms with E-state index in [1.807, 2.05) is 0 Å². The van der Waals surface area contributed by atoms with E-state index in [0.717, 1.165) is 6.54 Å². The Labute approximate surface area is 110 Å². The SMILES string of the molecule is COCCOCC(O)CN(CCC#N)CC(C)C. The van der Waals surface area contributed by atoms with Crippen LogP contribution in [0, 0.1) is 17.2 Å². The van der Waals surface area contributed by atoms with Gasteiger partial charge in [0.25, 0.3) is 0 Å². The van der Waals surface area contributed by atoms with Crippen molar-refractivity contribution in [3.05, 3.63) is 0 Å². The van der Waals surface area contributed by atoms with Crippen molar-refractivity contribution >= 4 is 0 Å². The molecule has 0 heterocycles. The van der Waals surface area contributed by atoms with Crippen molar-refractivity contribution in [1.82, 2.24) is 4.90 Å². The van der Waals surface area contributed by atoms with Gasteiger partial charge in [0, 0.05) is 33.2 Å². The molecule has 0 aliphatic heterocycles. The lowest BCUT2D eigenvalue weighted by molar-refractivity contribution is -0.00153. The first kappa shape index (κ1) is 17.3. The molecule has 106 valence electrons. The molecule has 0 aliphatic rings. The zero-order valence-electron chi connectivity index (χ0n) is 11.8. The minimum absolute atomic E-state index is 0.310. The van der Waals surface area contributed by atoms with Gasteiger partial charge >= 0.3 is 0 Å². The fourth-order valence-electron chi connectivity index (χ4n) is 1.69. The molecule has 0 radical (unpaired) electrons. The average molecular weight is 258 g/mol. The van der Waals surface area contributed by atoms with Crippen LogP contribution in [0.4, 0.5) is 0 Å². The van der Waals surface area contributed by atoms with Gasteiger partial charge in [-0.25, -0.2) is 0 Å². The first-order valence-corrected chi connectivity index (χ1v) is 6.44. The summed E-state index contributed by atoms with van der Waals surface area (Å²) in [6.07, 6.45) is -0.0245. The summed E-state index contributed by atoms with van der Waals surface area (Å²) >= 11 is 0. The van der Waals surface area contributed by atoms with E-state index < -0.39 is 6.10 Å². The number of nitrogens with zero attached hydrogens (tertiary/aromatic N) is 2. The molecule has 5 nitrogen and oxygen atoms in total. The first-order valence-electron chi connectivity index (χ1n) is 6.44. The largest absolute Gasteiger partial charge is 0.389 e. The molecule has 0 saturated heterocycles. The number of rotatable bonds is 11. The summed E-state index contributed by atoms with van der Waals surface area (Å²) < 4.78 is 10.1. The van der Waals surface area contributed by atoms with Gasteiger partial charge in [-0.15, -0.1) is 0 Å². The Morgan fingerprint density at radius 2 is 2.00 bits per heavy atom. The van der Waals surface area contributed by atoms with Gasteiger partial charge < -0.3 is 14.6 Å². The molecule has 0 aromatic rings. The number of methoxy groups -OCH3 is 1. The lowest BCUT2D eigenvalue weighted by atomic mass is 10.2. The summed E-state index contributed by atoms with van der Waals surface area (Å²) in [5.41, 5.74) is 0. The molecule has 0 aliphatic carbocycles. The van der Waals surface area contributed by atoms with Crippen molar-refractivity contribution in [2.24, 2.45) is 5.92 Å². The van der Waals surface area contributed by atoms with Crippen LogP contribution in [0.15, 0.2) is 0 Å². The predicted octanol–water partition coefficient (Wildman–Crippen LogP) is 0.882. The van der Waals surface area contributed by atoms with Gasteiger partial charge in [0.2, 0.25) is 0 Å². The quantitative estimate of drug-likeness (QED) is 0.557. The molecule has 0 aromatic heterocycles. The van der Waals surface area contributed by atoms with Crippen LogP contribution in [-0.4, -0.2) is 62.7 Å². The van der Waals surface area contributed by atoms with Gasteiger partial charge in [0.05, 0.1) is 32.0 Å². The van der Waals surface area contributed by atoms with E-state index in [-0.39, 0.29) is 0 Å². The van der Waals surface area contributed by atoms with E-state index >= 15 is 0 Å². The van der Waals surface area contributed by atoms with Crippen molar-refractivity contribution in [2.45, 2.75) is 26.4 Å². The Hall–Kier alpha value is -0.670. The molecule has 1 atom stereocenters. The van der Waals surface area contributed by atoms with Crippen molar-refractivity contribution in [3.8, 4) is 6.07 Å². The molecule has 0 amide bonds. The number of aliphatic hydroxyl groups is 1. The van der Waals surface area contributed by atoms with Gasteiger partial charge in [-0.3, -0.25) is 4.90 Å². The van der Waals surface area contributed by atoms with Gasteiger partial charge in [-0.1, -0.05) is 13.8 Å². The highest BCUT2D eigenvalue weighted by Crippen LogP contribution is 2.02. The summed E-state index contributed by atoms with van der Waals surface area (Å²) in [6.45, 7) is 7.73. The molecular formula is C13H26N2O3. The molecule has 0 rings (SSSR count). The highest BCUT2D eigenvalue weighted by Gasteiger charge is 2.13. The smallest absolute Gasteiger partial charge is 0.0900 e. The highest BCUT2D eigenvalue weighted by molar-refractivity contribution is 4.74. The molecule has 0 bridgehead atoms. The van der Waals surface area contributed by atoms with Crippen LogP contribution in [0.5, 0.6) is 0 Å². The maximum Gasteiger partial charge on any atom is 0.0900 e. The molecular weight excluding hydrogens is 232 g/mol. The molecule has 5 heteroatoms. The third-order valence-corrected chi connectivity index (χ3v) is 2.37. The van der Waals surface area contributed by atoms with Gasteiger partial charge in [0.1, 0.15) is 0 Å². The fourth-order valence-corrected chi connectivity index (χ4v) is 1.69. The molecule has 1 N–H and O–H groups in total. The minimum Gasteiger partial charge on any atom is -0.389 e. The fraction of sp³-hybridized carbons (Fsp3) is 0.923. The lowest BCUT2D eigenvalue weighted by Crippen LogP contribution is -2.37. The molecule has 18 heavy (non-hydrogen) atoms.